The highest BCUT2D eigenvalue weighted by molar-refractivity contribution is 5.59. The van der Waals surface area contributed by atoms with Crippen LogP contribution >= 0.6 is 0 Å². The summed E-state index contributed by atoms with van der Waals surface area (Å²) < 4.78 is 1.29. The minimum Gasteiger partial charge on any atom is -0.312 e. The molecule has 2 heterocycles. The van der Waals surface area contributed by atoms with E-state index in [4.69, 9.17) is 0 Å². The van der Waals surface area contributed by atoms with E-state index in [0.29, 0.717) is 11.5 Å². The second-order valence-electron chi connectivity index (χ2n) is 3.81. The quantitative estimate of drug-likeness (QED) is 0.682. The molecule has 0 spiro atoms. The minimum atomic E-state index is -0.278. The van der Waals surface area contributed by atoms with Crippen LogP contribution in [0.15, 0.2) is 41.3 Å². The molecule has 17 heavy (non-hydrogen) atoms. The van der Waals surface area contributed by atoms with Crippen molar-refractivity contribution < 1.29 is 0 Å². The molecule has 0 radical (unpaired) electrons. The largest absolute Gasteiger partial charge is 0.348 e. The van der Waals surface area contributed by atoms with Crippen LogP contribution in [0, 0.1) is 6.92 Å². The molecule has 0 saturated carbocycles. The first-order valence-electron chi connectivity index (χ1n) is 5.26. The lowest BCUT2D eigenvalue weighted by Gasteiger charge is -1.91. The van der Waals surface area contributed by atoms with Crippen LogP contribution in [0.4, 0.5) is 0 Å². The minimum absolute atomic E-state index is 0.278. The average molecular weight is 226 g/mol. The summed E-state index contributed by atoms with van der Waals surface area (Å²) >= 11 is 0. The first-order chi connectivity index (χ1) is 8.25. The van der Waals surface area contributed by atoms with E-state index in [1.54, 1.807) is 6.20 Å². The van der Waals surface area contributed by atoms with Crippen molar-refractivity contribution >= 4 is 5.65 Å². The SMILES string of the molecule is Cc1c[nH]c(=O)n2nc(-c3ccccc3)nc12. The van der Waals surface area contributed by atoms with Crippen molar-refractivity contribution in [3.05, 3.63) is 52.6 Å². The van der Waals surface area contributed by atoms with E-state index in [2.05, 4.69) is 15.1 Å². The second kappa shape index (κ2) is 3.55. The third-order valence-corrected chi connectivity index (χ3v) is 2.60. The zero-order valence-corrected chi connectivity index (χ0v) is 9.21. The van der Waals surface area contributed by atoms with E-state index in [1.807, 2.05) is 37.3 Å². The predicted octanol–water partition coefficient (Wildman–Crippen LogP) is 1.39. The summed E-state index contributed by atoms with van der Waals surface area (Å²) in [6.45, 7) is 1.88. The number of fused-ring (bicyclic) bond motifs is 1. The maximum atomic E-state index is 11.6. The normalized spacial score (nSPS) is 10.9. The number of hydrogen-bond donors (Lipinski definition) is 1. The van der Waals surface area contributed by atoms with E-state index in [9.17, 15) is 4.79 Å². The molecule has 0 unspecified atom stereocenters. The number of rotatable bonds is 1. The van der Waals surface area contributed by atoms with Gasteiger partial charge in [0.25, 0.3) is 0 Å². The van der Waals surface area contributed by atoms with Gasteiger partial charge in [-0.05, 0) is 6.92 Å². The number of aromatic amines is 1. The van der Waals surface area contributed by atoms with E-state index >= 15 is 0 Å². The van der Waals surface area contributed by atoms with E-state index in [1.165, 1.54) is 4.52 Å². The van der Waals surface area contributed by atoms with Gasteiger partial charge >= 0.3 is 5.69 Å². The van der Waals surface area contributed by atoms with Gasteiger partial charge in [0, 0.05) is 17.3 Å². The second-order valence-corrected chi connectivity index (χ2v) is 3.81. The molecule has 0 saturated heterocycles. The first-order valence-corrected chi connectivity index (χ1v) is 5.26. The Balaban J connectivity index is 2.31. The van der Waals surface area contributed by atoms with Crippen LogP contribution in [0.2, 0.25) is 0 Å². The summed E-state index contributed by atoms with van der Waals surface area (Å²) in [5.41, 5.74) is 2.10. The highest BCUT2D eigenvalue weighted by Crippen LogP contribution is 2.15. The van der Waals surface area contributed by atoms with Gasteiger partial charge in [0.05, 0.1) is 0 Å². The van der Waals surface area contributed by atoms with Crippen molar-refractivity contribution in [2.24, 2.45) is 0 Å². The van der Waals surface area contributed by atoms with Gasteiger partial charge in [0.2, 0.25) is 0 Å². The Morgan fingerprint density at radius 1 is 1.24 bits per heavy atom. The molecule has 1 aromatic carbocycles. The average Bonchev–Trinajstić information content (AvgIpc) is 2.81. The fourth-order valence-electron chi connectivity index (χ4n) is 1.71. The predicted molar refractivity (Wildman–Crippen MR) is 63.8 cm³/mol. The molecule has 5 heteroatoms. The Labute approximate surface area is 96.8 Å². The van der Waals surface area contributed by atoms with Gasteiger partial charge in [-0.1, -0.05) is 30.3 Å². The number of aromatic nitrogens is 4. The molecule has 1 N–H and O–H groups in total. The van der Waals surface area contributed by atoms with Crippen LogP contribution in [0.5, 0.6) is 0 Å². The zero-order valence-electron chi connectivity index (χ0n) is 9.21. The van der Waals surface area contributed by atoms with E-state index in [0.717, 1.165) is 11.1 Å². The van der Waals surface area contributed by atoms with Crippen molar-refractivity contribution in [1.29, 1.82) is 0 Å². The van der Waals surface area contributed by atoms with Gasteiger partial charge in [-0.15, -0.1) is 5.10 Å². The summed E-state index contributed by atoms with van der Waals surface area (Å²) in [6, 6.07) is 9.59. The molecule has 0 aliphatic rings. The Morgan fingerprint density at radius 3 is 2.71 bits per heavy atom. The maximum Gasteiger partial charge on any atom is 0.348 e. The standard InChI is InChI=1S/C12H10N4O/c1-8-7-13-12(17)16-11(8)14-10(15-16)9-5-3-2-4-6-9/h2-7H,1H3,(H,13,17). The van der Waals surface area contributed by atoms with Crippen LogP contribution in [0.1, 0.15) is 5.56 Å². The van der Waals surface area contributed by atoms with Crippen LogP contribution < -0.4 is 5.69 Å². The third-order valence-electron chi connectivity index (χ3n) is 2.60. The molecule has 0 amide bonds. The first kappa shape index (κ1) is 9.77. The Bertz CT molecular complexity index is 727. The van der Waals surface area contributed by atoms with Gasteiger partial charge in [0.1, 0.15) is 0 Å². The van der Waals surface area contributed by atoms with Crippen LogP contribution in [-0.4, -0.2) is 19.6 Å². The summed E-state index contributed by atoms with van der Waals surface area (Å²) in [4.78, 5) is 18.6. The molecule has 3 rings (SSSR count). The highest BCUT2D eigenvalue weighted by atomic mass is 16.1. The molecule has 0 aliphatic carbocycles. The summed E-state index contributed by atoms with van der Waals surface area (Å²) in [6.07, 6.45) is 1.64. The van der Waals surface area contributed by atoms with Crippen LogP contribution in [-0.2, 0) is 0 Å². The smallest absolute Gasteiger partial charge is 0.312 e. The van der Waals surface area contributed by atoms with Crippen molar-refractivity contribution in [2.45, 2.75) is 6.92 Å². The van der Waals surface area contributed by atoms with Crippen molar-refractivity contribution in [3.8, 4) is 11.4 Å². The third kappa shape index (κ3) is 1.52. The zero-order chi connectivity index (χ0) is 11.8. The van der Waals surface area contributed by atoms with Gasteiger partial charge < -0.3 is 4.98 Å². The molecular formula is C12H10N4O. The molecule has 84 valence electrons. The fourth-order valence-corrected chi connectivity index (χ4v) is 1.71. The number of H-pyrrole nitrogens is 1. The van der Waals surface area contributed by atoms with E-state index < -0.39 is 0 Å². The van der Waals surface area contributed by atoms with Gasteiger partial charge in [-0.25, -0.2) is 9.78 Å². The molecule has 0 bridgehead atoms. The Morgan fingerprint density at radius 2 is 2.00 bits per heavy atom. The summed E-state index contributed by atoms with van der Waals surface area (Å²) in [5.74, 6) is 0.561. The van der Waals surface area contributed by atoms with Crippen molar-refractivity contribution in [1.82, 2.24) is 19.6 Å². The van der Waals surface area contributed by atoms with Gasteiger partial charge in [-0.2, -0.15) is 4.52 Å². The van der Waals surface area contributed by atoms with Crippen molar-refractivity contribution in [3.63, 3.8) is 0 Å². The monoisotopic (exact) mass is 226 g/mol. The molecule has 0 atom stereocenters. The Kier molecular flexibility index (Phi) is 2.04. The summed E-state index contributed by atoms with van der Waals surface area (Å²) in [7, 11) is 0. The molecule has 3 aromatic rings. The molecule has 5 nitrogen and oxygen atoms in total. The lowest BCUT2D eigenvalue weighted by molar-refractivity contribution is 0.864. The maximum absolute atomic E-state index is 11.6. The number of nitrogens with zero attached hydrogens (tertiary/aromatic N) is 3. The number of nitrogens with one attached hydrogen (secondary N) is 1. The lowest BCUT2D eigenvalue weighted by Crippen LogP contribution is -2.17. The number of benzene rings is 1. The highest BCUT2D eigenvalue weighted by Gasteiger charge is 2.09. The van der Waals surface area contributed by atoms with Gasteiger partial charge in [-0.3, -0.25) is 0 Å². The fraction of sp³-hybridized carbons (Fsp3) is 0.0833. The van der Waals surface area contributed by atoms with Crippen molar-refractivity contribution in [2.75, 3.05) is 0 Å². The van der Waals surface area contributed by atoms with Crippen LogP contribution in [0.25, 0.3) is 17.0 Å². The number of hydrogen-bond acceptors (Lipinski definition) is 3. The topological polar surface area (TPSA) is 63.0 Å². The Hall–Kier alpha value is -2.43. The molecule has 2 aromatic heterocycles. The number of aryl methyl sites for hydroxylation is 1. The van der Waals surface area contributed by atoms with Crippen LogP contribution in [0.3, 0.4) is 0 Å². The van der Waals surface area contributed by atoms with E-state index in [-0.39, 0.29) is 5.69 Å². The molecule has 0 fully saturated rings. The van der Waals surface area contributed by atoms with Gasteiger partial charge in [0.15, 0.2) is 11.5 Å². The summed E-state index contributed by atoms with van der Waals surface area (Å²) in [5, 5.41) is 4.21. The molecular weight excluding hydrogens is 216 g/mol. The molecule has 0 aliphatic heterocycles. The lowest BCUT2D eigenvalue weighted by atomic mass is 10.2.